The van der Waals surface area contributed by atoms with E-state index in [4.69, 9.17) is 15.2 Å². The largest absolute Gasteiger partial charge is 0.493 e. The van der Waals surface area contributed by atoms with Crippen LogP contribution in [-0.2, 0) is 0 Å². The molecule has 4 nitrogen and oxygen atoms in total. The number of hydrogen-bond donors (Lipinski definition) is 1. The van der Waals surface area contributed by atoms with Crippen LogP contribution in [-0.4, -0.2) is 45.8 Å². The van der Waals surface area contributed by atoms with Gasteiger partial charge in [-0.25, -0.2) is 0 Å². The monoisotopic (exact) mass is 278 g/mol. The predicted molar refractivity (Wildman–Crippen MR) is 81.6 cm³/mol. The number of ether oxygens (including phenoxy) is 2. The number of nitrogens with zero attached hydrogens (tertiary/aromatic N) is 1. The van der Waals surface area contributed by atoms with Crippen molar-refractivity contribution in [2.75, 3.05) is 40.9 Å². The number of hydrogen-bond acceptors (Lipinski definition) is 4. The minimum absolute atomic E-state index is 0.406. The fraction of sp³-hybridized carbons (Fsp3) is 0.625. The van der Waals surface area contributed by atoms with Crippen LogP contribution >= 0.6 is 0 Å². The number of likely N-dealkylation sites (tertiary alicyclic amines) is 1. The van der Waals surface area contributed by atoms with E-state index in [1.54, 1.807) is 14.2 Å². The zero-order chi connectivity index (χ0) is 14.5. The fourth-order valence-corrected chi connectivity index (χ4v) is 3.12. The molecule has 1 aromatic rings. The first-order valence-electron chi connectivity index (χ1n) is 7.30. The summed E-state index contributed by atoms with van der Waals surface area (Å²) in [7, 11) is 5.52. The SMILES string of the molecule is COc1ccc(C(CN)C2CCN(C)CC2)cc1OC. The molecule has 1 unspecified atom stereocenters. The number of piperidine rings is 1. The maximum atomic E-state index is 6.05. The van der Waals surface area contributed by atoms with E-state index in [0.717, 1.165) is 24.6 Å². The lowest BCUT2D eigenvalue weighted by Crippen LogP contribution is -2.34. The Balaban J connectivity index is 2.18. The van der Waals surface area contributed by atoms with E-state index in [1.165, 1.54) is 18.4 Å². The van der Waals surface area contributed by atoms with Crippen molar-refractivity contribution in [3.63, 3.8) is 0 Å². The molecule has 4 heteroatoms. The van der Waals surface area contributed by atoms with Gasteiger partial charge in [0.15, 0.2) is 11.5 Å². The van der Waals surface area contributed by atoms with Crippen molar-refractivity contribution in [2.45, 2.75) is 18.8 Å². The quantitative estimate of drug-likeness (QED) is 0.896. The van der Waals surface area contributed by atoms with Crippen molar-refractivity contribution < 1.29 is 9.47 Å². The minimum atomic E-state index is 0.406. The van der Waals surface area contributed by atoms with E-state index in [2.05, 4.69) is 24.1 Å². The first-order chi connectivity index (χ1) is 9.69. The summed E-state index contributed by atoms with van der Waals surface area (Å²) in [5, 5.41) is 0. The Morgan fingerprint density at radius 1 is 1.20 bits per heavy atom. The van der Waals surface area contributed by atoms with E-state index < -0.39 is 0 Å². The maximum absolute atomic E-state index is 6.05. The van der Waals surface area contributed by atoms with Crippen LogP contribution in [0.25, 0.3) is 0 Å². The van der Waals surface area contributed by atoms with Gasteiger partial charge in [-0.15, -0.1) is 0 Å². The summed E-state index contributed by atoms with van der Waals surface area (Å²) in [5.74, 6) is 2.63. The van der Waals surface area contributed by atoms with Crippen LogP contribution in [0.1, 0.15) is 24.3 Å². The van der Waals surface area contributed by atoms with Crippen LogP contribution in [0.15, 0.2) is 18.2 Å². The molecule has 0 radical (unpaired) electrons. The van der Waals surface area contributed by atoms with Crippen LogP contribution < -0.4 is 15.2 Å². The standard InChI is InChI=1S/C16H26N2O2/c1-18-8-6-12(7-9-18)14(11-17)13-4-5-15(19-2)16(10-13)20-3/h4-5,10,12,14H,6-9,11,17H2,1-3H3. The molecule has 0 saturated carbocycles. The molecule has 1 heterocycles. The first-order valence-corrected chi connectivity index (χ1v) is 7.30. The highest BCUT2D eigenvalue weighted by Crippen LogP contribution is 2.36. The molecular weight excluding hydrogens is 252 g/mol. The Hall–Kier alpha value is -1.26. The molecule has 1 aliphatic rings. The van der Waals surface area contributed by atoms with Crippen LogP contribution in [0.3, 0.4) is 0 Å². The average molecular weight is 278 g/mol. The molecule has 1 aromatic carbocycles. The average Bonchev–Trinajstić information content (AvgIpc) is 2.49. The van der Waals surface area contributed by atoms with E-state index in [-0.39, 0.29) is 0 Å². The van der Waals surface area contributed by atoms with Gasteiger partial charge in [0.1, 0.15) is 0 Å². The Bertz CT molecular complexity index is 428. The molecule has 1 saturated heterocycles. The highest BCUT2D eigenvalue weighted by molar-refractivity contribution is 5.44. The van der Waals surface area contributed by atoms with Crippen molar-refractivity contribution >= 4 is 0 Å². The molecule has 1 fully saturated rings. The lowest BCUT2D eigenvalue weighted by Gasteiger charge is -2.34. The zero-order valence-electron chi connectivity index (χ0n) is 12.8. The van der Waals surface area contributed by atoms with Gasteiger partial charge in [-0.2, -0.15) is 0 Å². The van der Waals surface area contributed by atoms with Crippen molar-refractivity contribution in [3.05, 3.63) is 23.8 Å². The topological polar surface area (TPSA) is 47.7 Å². The van der Waals surface area contributed by atoms with Gasteiger partial charge >= 0.3 is 0 Å². The Kier molecular flexibility index (Phi) is 5.26. The molecule has 0 spiro atoms. The van der Waals surface area contributed by atoms with Gasteiger partial charge in [-0.3, -0.25) is 0 Å². The van der Waals surface area contributed by atoms with Gasteiger partial charge in [-0.1, -0.05) is 6.07 Å². The molecule has 1 aliphatic heterocycles. The second-order valence-corrected chi connectivity index (χ2v) is 5.60. The summed E-state index contributed by atoms with van der Waals surface area (Å²) in [6, 6.07) is 6.18. The third kappa shape index (κ3) is 3.25. The highest BCUT2D eigenvalue weighted by Gasteiger charge is 2.26. The molecule has 0 bridgehead atoms. The van der Waals surface area contributed by atoms with Crippen molar-refractivity contribution in [2.24, 2.45) is 11.7 Å². The lowest BCUT2D eigenvalue weighted by atomic mass is 9.80. The van der Waals surface area contributed by atoms with Gasteiger partial charge in [0.05, 0.1) is 14.2 Å². The zero-order valence-corrected chi connectivity index (χ0v) is 12.8. The van der Waals surface area contributed by atoms with E-state index in [1.807, 2.05) is 6.07 Å². The summed E-state index contributed by atoms with van der Waals surface area (Å²) in [6.07, 6.45) is 2.43. The summed E-state index contributed by atoms with van der Waals surface area (Å²) in [6.45, 7) is 3.01. The number of nitrogens with two attached hydrogens (primary N) is 1. The Morgan fingerprint density at radius 3 is 2.40 bits per heavy atom. The fourth-order valence-electron chi connectivity index (χ4n) is 3.12. The summed E-state index contributed by atoms with van der Waals surface area (Å²) in [5.41, 5.74) is 7.31. The molecule has 2 N–H and O–H groups in total. The molecule has 1 atom stereocenters. The van der Waals surface area contributed by atoms with Gasteiger partial charge in [0, 0.05) is 0 Å². The van der Waals surface area contributed by atoms with E-state index in [9.17, 15) is 0 Å². The minimum Gasteiger partial charge on any atom is -0.493 e. The van der Waals surface area contributed by atoms with Gasteiger partial charge in [0.25, 0.3) is 0 Å². The normalized spacial score (nSPS) is 18.8. The second kappa shape index (κ2) is 6.95. The van der Waals surface area contributed by atoms with E-state index in [0.29, 0.717) is 18.4 Å². The van der Waals surface area contributed by atoms with Crippen molar-refractivity contribution in [1.29, 1.82) is 0 Å². The van der Waals surface area contributed by atoms with Crippen molar-refractivity contribution in [3.8, 4) is 11.5 Å². The first kappa shape index (κ1) is 15.1. The van der Waals surface area contributed by atoms with Gasteiger partial charge in [0.2, 0.25) is 0 Å². The molecule has 2 rings (SSSR count). The van der Waals surface area contributed by atoms with Crippen LogP contribution in [0.5, 0.6) is 11.5 Å². The number of rotatable bonds is 5. The van der Waals surface area contributed by atoms with E-state index >= 15 is 0 Å². The smallest absolute Gasteiger partial charge is 0.160 e. The Morgan fingerprint density at radius 2 is 1.85 bits per heavy atom. The van der Waals surface area contributed by atoms with Crippen molar-refractivity contribution in [1.82, 2.24) is 4.90 Å². The molecule has 112 valence electrons. The third-order valence-electron chi connectivity index (χ3n) is 4.42. The van der Waals surface area contributed by atoms with Crippen LogP contribution in [0, 0.1) is 5.92 Å². The maximum Gasteiger partial charge on any atom is 0.160 e. The van der Waals surface area contributed by atoms with Crippen LogP contribution in [0.4, 0.5) is 0 Å². The molecule has 0 amide bonds. The van der Waals surface area contributed by atoms with Gasteiger partial charge in [-0.05, 0) is 69.1 Å². The lowest BCUT2D eigenvalue weighted by molar-refractivity contribution is 0.199. The second-order valence-electron chi connectivity index (χ2n) is 5.60. The third-order valence-corrected chi connectivity index (χ3v) is 4.42. The summed E-state index contributed by atoms with van der Waals surface area (Å²) < 4.78 is 10.7. The number of benzene rings is 1. The molecule has 0 aliphatic carbocycles. The Labute approximate surface area is 121 Å². The molecular formula is C16H26N2O2. The number of methoxy groups -OCH3 is 2. The predicted octanol–water partition coefficient (Wildman–Crippen LogP) is 2.09. The van der Waals surface area contributed by atoms with Crippen LogP contribution in [0.2, 0.25) is 0 Å². The molecule has 20 heavy (non-hydrogen) atoms. The summed E-state index contributed by atoms with van der Waals surface area (Å²) in [4.78, 5) is 2.39. The molecule has 0 aromatic heterocycles. The van der Waals surface area contributed by atoms with Gasteiger partial charge < -0.3 is 20.1 Å². The summed E-state index contributed by atoms with van der Waals surface area (Å²) >= 11 is 0. The highest BCUT2D eigenvalue weighted by atomic mass is 16.5.